The van der Waals surface area contributed by atoms with Crippen LogP contribution in [0.3, 0.4) is 0 Å². The third kappa shape index (κ3) is 5.25. The van der Waals surface area contributed by atoms with E-state index in [9.17, 15) is 4.79 Å². The quantitative estimate of drug-likeness (QED) is 0.151. The van der Waals surface area contributed by atoms with Gasteiger partial charge in [0, 0.05) is 22.9 Å². The maximum Gasteiger partial charge on any atom is 0.328 e. The van der Waals surface area contributed by atoms with Gasteiger partial charge in [-0.1, -0.05) is 72.6 Å². The predicted octanol–water partition coefficient (Wildman–Crippen LogP) is 8.14. The van der Waals surface area contributed by atoms with Crippen LogP contribution in [0.2, 0.25) is 5.02 Å². The third-order valence-electron chi connectivity index (χ3n) is 6.78. The number of halogens is 1. The van der Waals surface area contributed by atoms with E-state index >= 15 is 0 Å². The van der Waals surface area contributed by atoms with E-state index in [4.69, 9.17) is 23.3 Å². The van der Waals surface area contributed by atoms with Crippen molar-refractivity contribution >= 4 is 40.5 Å². The van der Waals surface area contributed by atoms with E-state index in [2.05, 4.69) is 39.3 Å². The predicted molar refractivity (Wildman–Crippen MR) is 148 cm³/mol. The maximum absolute atomic E-state index is 11.0. The summed E-state index contributed by atoms with van der Waals surface area (Å²) in [5, 5.41) is 16.4. The van der Waals surface area contributed by atoms with Crippen LogP contribution in [0, 0.1) is 12.5 Å². The van der Waals surface area contributed by atoms with Gasteiger partial charge in [-0.25, -0.2) is 9.64 Å². The van der Waals surface area contributed by atoms with Crippen molar-refractivity contribution in [2.24, 2.45) is 5.92 Å². The van der Waals surface area contributed by atoms with Gasteiger partial charge in [0.05, 0.1) is 12.8 Å². The number of carbonyl (C=O) groups is 1. The highest BCUT2D eigenvalue weighted by molar-refractivity contribution is 6.31. The summed E-state index contributed by atoms with van der Waals surface area (Å²) in [5.74, 6) is -0.652. The Bertz CT molecular complexity index is 1520. The summed E-state index contributed by atoms with van der Waals surface area (Å²) >= 11 is 6.26. The SMILES string of the molecule is [C-]#[N+]c1cc(Cl)ccc1/C(=C(\c1ccc(/C=C/C(=O)O)cc1)c1ccc(-c2cn[nH]c2)cc1)C1CCC1. The molecule has 37 heavy (non-hydrogen) atoms. The molecule has 1 heterocycles. The average Bonchev–Trinajstić information content (AvgIpc) is 3.42. The van der Waals surface area contributed by atoms with Crippen molar-refractivity contribution in [1.82, 2.24) is 10.2 Å². The van der Waals surface area contributed by atoms with Crippen LogP contribution in [-0.2, 0) is 4.79 Å². The summed E-state index contributed by atoms with van der Waals surface area (Å²) in [6.45, 7) is 7.84. The van der Waals surface area contributed by atoms with Gasteiger partial charge in [0.25, 0.3) is 0 Å². The lowest BCUT2D eigenvalue weighted by Crippen LogP contribution is -2.15. The van der Waals surface area contributed by atoms with Gasteiger partial charge in [0.2, 0.25) is 0 Å². The number of H-pyrrole nitrogens is 1. The van der Waals surface area contributed by atoms with Crippen LogP contribution in [0.4, 0.5) is 5.69 Å². The first-order chi connectivity index (χ1) is 18.0. The van der Waals surface area contributed by atoms with E-state index in [-0.39, 0.29) is 0 Å². The van der Waals surface area contributed by atoms with Crippen LogP contribution in [0.15, 0.2) is 85.2 Å². The van der Waals surface area contributed by atoms with Gasteiger partial charge >= 0.3 is 5.97 Å². The van der Waals surface area contributed by atoms with E-state index in [0.717, 1.165) is 69.9 Å². The van der Waals surface area contributed by atoms with Crippen LogP contribution < -0.4 is 0 Å². The fraction of sp³-hybridized carbons (Fsp3) is 0.129. The second-order valence-corrected chi connectivity index (χ2v) is 9.48. The Morgan fingerprint density at radius 2 is 1.73 bits per heavy atom. The van der Waals surface area contributed by atoms with Crippen molar-refractivity contribution in [1.29, 1.82) is 0 Å². The molecular weight excluding hydrogens is 482 g/mol. The van der Waals surface area contributed by atoms with Gasteiger partial charge in [-0.2, -0.15) is 5.10 Å². The number of aliphatic carboxylic acids is 1. The lowest BCUT2D eigenvalue weighted by molar-refractivity contribution is -0.131. The number of allylic oxidation sites excluding steroid dienone is 1. The number of carboxylic acids is 1. The van der Waals surface area contributed by atoms with Gasteiger partial charge in [-0.3, -0.25) is 5.10 Å². The van der Waals surface area contributed by atoms with Crippen LogP contribution in [0.1, 0.15) is 41.5 Å². The highest BCUT2D eigenvalue weighted by Gasteiger charge is 2.28. The zero-order valence-corrected chi connectivity index (χ0v) is 20.7. The Morgan fingerprint density at radius 1 is 1.03 bits per heavy atom. The van der Waals surface area contributed by atoms with E-state index in [1.807, 2.05) is 42.6 Å². The zero-order chi connectivity index (χ0) is 25.8. The van der Waals surface area contributed by atoms with Gasteiger partial charge in [-0.05, 0) is 75.9 Å². The molecule has 4 aromatic rings. The summed E-state index contributed by atoms with van der Waals surface area (Å²) in [4.78, 5) is 14.8. The molecule has 0 unspecified atom stereocenters. The lowest BCUT2D eigenvalue weighted by Gasteiger charge is -2.32. The number of rotatable bonds is 7. The Hall–Kier alpha value is -4.40. The van der Waals surface area contributed by atoms with Crippen molar-refractivity contribution in [2.75, 3.05) is 0 Å². The Morgan fingerprint density at radius 3 is 2.30 bits per heavy atom. The average molecular weight is 506 g/mol. The molecule has 2 N–H and O–H groups in total. The first-order valence-corrected chi connectivity index (χ1v) is 12.4. The van der Waals surface area contributed by atoms with Crippen molar-refractivity contribution in [3.05, 3.63) is 124 Å². The van der Waals surface area contributed by atoms with Crippen molar-refractivity contribution in [3.63, 3.8) is 0 Å². The van der Waals surface area contributed by atoms with E-state index in [1.165, 1.54) is 0 Å². The highest BCUT2D eigenvalue weighted by atomic mass is 35.5. The van der Waals surface area contributed by atoms with Crippen LogP contribution in [0.5, 0.6) is 0 Å². The molecule has 3 aromatic carbocycles. The first kappa shape index (κ1) is 24.3. The maximum atomic E-state index is 11.0. The Labute approximate surface area is 220 Å². The number of carboxylic acid groups (broad SMARTS) is 1. The minimum absolute atomic E-state index is 0.330. The first-order valence-electron chi connectivity index (χ1n) is 12.1. The molecule has 5 nitrogen and oxygen atoms in total. The number of nitrogens with one attached hydrogen (secondary N) is 1. The van der Waals surface area contributed by atoms with Gasteiger partial charge < -0.3 is 5.11 Å². The molecule has 1 aliphatic rings. The standard InChI is InChI=1S/C31H24ClN3O2/c1-33-28-17-26(32)14-15-27(28)31(22-3-2-4-22)30(23-8-5-20(6-9-23)7-16-29(36)37)24-12-10-21(11-13-24)25-18-34-35-19-25/h5-19,22H,2-4H2,(H,34,35)(H,36,37)/b16-7+,31-30+. The van der Waals surface area contributed by atoms with Crippen LogP contribution in [-0.4, -0.2) is 21.3 Å². The minimum atomic E-state index is -0.982. The van der Waals surface area contributed by atoms with E-state index < -0.39 is 5.97 Å². The zero-order valence-electron chi connectivity index (χ0n) is 20.0. The molecule has 0 aliphatic heterocycles. The molecule has 1 saturated carbocycles. The number of aromatic amines is 1. The Kier molecular flexibility index (Phi) is 7.02. The summed E-state index contributed by atoms with van der Waals surface area (Å²) < 4.78 is 0. The number of hydrogen-bond acceptors (Lipinski definition) is 2. The second kappa shape index (κ2) is 10.7. The molecule has 0 atom stereocenters. The largest absolute Gasteiger partial charge is 0.478 e. The van der Waals surface area contributed by atoms with E-state index in [0.29, 0.717) is 16.6 Å². The molecule has 5 rings (SSSR count). The Balaban J connectivity index is 1.71. The second-order valence-electron chi connectivity index (χ2n) is 9.05. The third-order valence-corrected chi connectivity index (χ3v) is 7.01. The molecular formula is C31H24ClN3O2. The number of benzene rings is 3. The number of nitrogens with zero attached hydrogens (tertiary/aromatic N) is 2. The molecule has 6 heteroatoms. The minimum Gasteiger partial charge on any atom is -0.478 e. The summed E-state index contributed by atoms with van der Waals surface area (Å²) in [5.41, 5.74) is 8.62. The molecule has 1 fully saturated rings. The normalized spacial score (nSPS) is 14.2. The van der Waals surface area contributed by atoms with E-state index in [1.54, 1.807) is 18.3 Å². The van der Waals surface area contributed by atoms with Gasteiger partial charge in [0.1, 0.15) is 0 Å². The van der Waals surface area contributed by atoms with Crippen LogP contribution >= 0.6 is 11.6 Å². The van der Waals surface area contributed by atoms with Crippen LogP contribution in [0.25, 0.3) is 33.2 Å². The van der Waals surface area contributed by atoms with Gasteiger partial charge in [0.15, 0.2) is 5.69 Å². The van der Waals surface area contributed by atoms with Gasteiger partial charge in [-0.15, -0.1) is 0 Å². The molecule has 1 aliphatic carbocycles. The smallest absolute Gasteiger partial charge is 0.328 e. The monoisotopic (exact) mass is 505 g/mol. The lowest BCUT2D eigenvalue weighted by atomic mass is 9.72. The molecule has 0 amide bonds. The highest BCUT2D eigenvalue weighted by Crippen LogP contribution is 2.48. The fourth-order valence-electron chi connectivity index (χ4n) is 4.72. The van der Waals surface area contributed by atoms with Crippen molar-refractivity contribution in [2.45, 2.75) is 19.3 Å². The van der Waals surface area contributed by atoms with Crippen molar-refractivity contribution < 1.29 is 9.90 Å². The summed E-state index contributed by atoms with van der Waals surface area (Å²) in [7, 11) is 0. The molecule has 0 bridgehead atoms. The molecule has 182 valence electrons. The molecule has 0 saturated heterocycles. The van der Waals surface area contributed by atoms with Crippen molar-refractivity contribution in [3.8, 4) is 11.1 Å². The molecule has 0 spiro atoms. The number of hydrogen-bond donors (Lipinski definition) is 2. The summed E-state index contributed by atoms with van der Waals surface area (Å²) in [6, 6.07) is 21.8. The summed E-state index contributed by atoms with van der Waals surface area (Å²) in [6.07, 6.45) is 9.65. The molecule has 0 radical (unpaired) electrons. The molecule has 1 aromatic heterocycles. The fourth-order valence-corrected chi connectivity index (χ4v) is 4.89. The number of aromatic nitrogens is 2. The topological polar surface area (TPSA) is 70.3 Å².